The van der Waals surface area contributed by atoms with Gasteiger partial charge in [0.2, 0.25) is 10.0 Å². The number of hydrogen-bond donors (Lipinski definition) is 1. The summed E-state index contributed by atoms with van der Waals surface area (Å²) in [6.45, 7) is 7.87. The van der Waals surface area contributed by atoms with Crippen LogP contribution in [0.5, 0.6) is 0 Å². The van der Waals surface area contributed by atoms with Crippen molar-refractivity contribution < 1.29 is 8.42 Å². The third kappa shape index (κ3) is 2.87. The molecule has 0 aliphatic carbocycles. The molecule has 0 saturated heterocycles. The predicted molar refractivity (Wildman–Crippen MR) is 70.2 cm³/mol. The number of benzene rings is 1. The Hall–Kier alpha value is -1.33. The molecule has 0 spiro atoms. The van der Waals surface area contributed by atoms with Crippen LogP contribution < -0.4 is 5.73 Å². The molecular weight excluding hydrogens is 236 g/mol. The highest BCUT2D eigenvalue weighted by Crippen LogP contribution is 2.20. The van der Waals surface area contributed by atoms with E-state index in [1.807, 2.05) is 0 Å². The SMILES string of the molecule is C=CCN(CC)S(=O)(=O)c1ccc(N)c(C)c1. The van der Waals surface area contributed by atoms with E-state index in [1.165, 1.54) is 10.4 Å². The van der Waals surface area contributed by atoms with Gasteiger partial charge in [0.1, 0.15) is 0 Å². The average Bonchev–Trinajstić information content (AvgIpc) is 2.29. The van der Waals surface area contributed by atoms with Crippen LogP contribution in [0.25, 0.3) is 0 Å². The fraction of sp³-hybridized carbons (Fsp3) is 0.333. The molecule has 17 heavy (non-hydrogen) atoms. The maximum Gasteiger partial charge on any atom is 0.243 e. The zero-order chi connectivity index (χ0) is 13.1. The van der Waals surface area contributed by atoms with E-state index in [2.05, 4.69) is 6.58 Å². The van der Waals surface area contributed by atoms with Crippen LogP contribution in [0.4, 0.5) is 5.69 Å². The molecule has 0 fully saturated rings. The van der Waals surface area contributed by atoms with Crippen LogP contribution in [0.3, 0.4) is 0 Å². The van der Waals surface area contributed by atoms with Gasteiger partial charge in [0.15, 0.2) is 0 Å². The van der Waals surface area contributed by atoms with Gasteiger partial charge in [-0.25, -0.2) is 8.42 Å². The number of hydrogen-bond acceptors (Lipinski definition) is 3. The molecule has 0 amide bonds. The molecule has 0 atom stereocenters. The number of aryl methyl sites for hydroxylation is 1. The van der Waals surface area contributed by atoms with Crippen molar-refractivity contribution >= 4 is 15.7 Å². The lowest BCUT2D eigenvalue weighted by Crippen LogP contribution is -2.31. The van der Waals surface area contributed by atoms with Crippen molar-refractivity contribution in [3.63, 3.8) is 0 Å². The Morgan fingerprint density at radius 2 is 2.12 bits per heavy atom. The first kappa shape index (κ1) is 13.7. The molecule has 1 aromatic rings. The summed E-state index contributed by atoms with van der Waals surface area (Å²) in [7, 11) is -3.45. The molecule has 0 saturated carbocycles. The van der Waals surface area contributed by atoms with Gasteiger partial charge in [-0.3, -0.25) is 0 Å². The van der Waals surface area contributed by atoms with E-state index in [-0.39, 0.29) is 4.90 Å². The van der Waals surface area contributed by atoms with Crippen molar-refractivity contribution in [1.82, 2.24) is 4.31 Å². The number of likely N-dealkylation sites (N-methyl/N-ethyl adjacent to an activating group) is 1. The fourth-order valence-corrected chi connectivity index (χ4v) is 3.00. The van der Waals surface area contributed by atoms with Crippen molar-refractivity contribution in [2.24, 2.45) is 0 Å². The minimum Gasteiger partial charge on any atom is -0.399 e. The summed E-state index contributed by atoms with van der Waals surface area (Å²) in [6.07, 6.45) is 1.57. The molecule has 0 heterocycles. The zero-order valence-electron chi connectivity index (χ0n) is 10.2. The standard InChI is InChI=1S/C12H18N2O2S/c1-4-8-14(5-2)17(15,16)11-6-7-12(13)10(3)9-11/h4,6-7,9H,1,5,8,13H2,2-3H3. The molecule has 0 aliphatic heterocycles. The number of nitrogen functional groups attached to an aromatic ring is 1. The summed E-state index contributed by atoms with van der Waals surface area (Å²) in [5, 5.41) is 0. The summed E-state index contributed by atoms with van der Waals surface area (Å²) < 4.78 is 25.9. The Morgan fingerprint density at radius 3 is 2.59 bits per heavy atom. The van der Waals surface area contributed by atoms with E-state index >= 15 is 0 Å². The van der Waals surface area contributed by atoms with Crippen LogP contribution in [-0.4, -0.2) is 25.8 Å². The van der Waals surface area contributed by atoms with Crippen molar-refractivity contribution in [3.8, 4) is 0 Å². The molecule has 1 rings (SSSR count). The maximum atomic E-state index is 12.3. The Balaban J connectivity index is 3.20. The molecule has 0 aliphatic rings. The summed E-state index contributed by atoms with van der Waals surface area (Å²) in [5.74, 6) is 0. The average molecular weight is 254 g/mol. The molecule has 4 nitrogen and oxygen atoms in total. The van der Waals surface area contributed by atoms with Gasteiger partial charge < -0.3 is 5.73 Å². The highest BCUT2D eigenvalue weighted by molar-refractivity contribution is 7.89. The first-order valence-corrected chi connectivity index (χ1v) is 6.84. The minimum absolute atomic E-state index is 0.271. The highest BCUT2D eigenvalue weighted by atomic mass is 32.2. The Labute approximate surface area is 103 Å². The summed E-state index contributed by atoms with van der Waals surface area (Å²) >= 11 is 0. The lowest BCUT2D eigenvalue weighted by atomic mass is 10.2. The molecule has 0 radical (unpaired) electrons. The molecule has 0 unspecified atom stereocenters. The van der Waals surface area contributed by atoms with Crippen LogP contribution in [0, 0.1) is 6.92 Å². The van der Waals surface area contributed by atoms with Crippen molar-refractivity contribution in [2.45, 2.75) is 18.7 Å². The van der Waals surface area contributed by atoms with Gasteiger partial charge in [-0.15, -0.1) is 6.58 Å². The van der Waals surface area contributed by atoms with Gasteiger partial charge in [0.25, 0.3) is 0 Å². The molecule has 5 heteroatoms. The van der Waals surface area contributed by atoms with Gasteiger partial charge in [-0.1, -0.05) is 13.0 Å². The first-order chi connectivity index (χ1) is 7.93. The zero-order valence-corrected chi connectivity index (χ0v) is 11.0. The lowest BCUT2D eigenvalue weighted by Gasteiger charge is -2.19. The normalized spacial score (nSPS) is 11.7. The number of rotatable bonds is 5. The second-order valence-electron chi connectivity index (χ2n) is 3.76. The van der Waals surface area contributed by atoms with Gasteiger partial charge >= 0.3 is 0 Å². The van der Waals surface area contributed by atoms with E-state index in [0.29, 0.717) is 18.8 Å². The van der Waals surface area contributed by atoms with Crippen molar-refractivity contribution in [1.29, 1.82) is 0 Å². The first-order valence-electron chi connectivity index (χ1n) is 5.40. The van der Waals surface area contributed by atoms with Crippen LogP contribution in [0.15, 0.2) is 35.7 Å². The van der Waals surface area contributed by atoms with E-state index < -0.39 is 10.0 Å². The smallest absolute Gasteiger partial charge is 0.243 e. The molecule has 94 valence electrons. The van der Waals surface area contributed by atoms with Crippen LogP contribution >= 0.6 is 0 Å². The van der Waals surface area contributed by atoms with E-state index in [4.69, 9.17) is 5.73 Å². The topological polar surface area (TPSA) is 63.4 Å². The molecule has 0 bridgehead atoms. The molecule has 1 aromatic carbocycles. The van der Waals surface area contributed by atoms with Gasteiger partial charge in [0.05, 0.1) is 4.90 Å². The van der Waals surface area contributed by atoms with Gasteiger partial charge in [0, 0.05) is 18.8 Å². The lowest BCUT2D eigenvalue weighted by molar-refractivity contribution is 0.460. The maximum absolute atomic E-state index is 12.3. The Kier molecular flexibility index (Phi) is 4.31. The largest absolute Gasteiger partial charge is 0.399 e. The monoisotopic (exact) mass is 254 g/mol. The van der Waals surface area contributed by atoms with E-state index in [1.54, 1.807) is 32.1 Å². The summed E-state index contributed by atoms with van der Waals surface area (Å²) in [6, 6.07) is 4.74. The van der Waals surface area contributed by atoms with Crippen LogP contribution in [-0.2, 0) is 10.0 Å². The Bertz CT molecular complexity index is 509. The predicted octanol–water partition coefficient (Wildman–Crippen LogP) is 1.77. The van der Waals surface area contributed by atoms with E-state index in [0.717, 1.165) is 5.56 Å². The second kappa shape index (κ2) is 5.33. The molecule has 0 aromatic heterocycles. The number of sulfonamides is 1. The van der Waals surface area contributed by atoms with Crippen molar-refractivity contribution in [2.75, 3.05) is 18.8 Å². The van der Waals surface area contributed by atoms with Gasteiger partial charge in [-0.2, -0.15) is 4.31 Å². The highest BCUT2D eigenvalue weighted by Gasteiger charge is 2.22. The second-order valence-corrected chi connectivity index (χ2v) is 5.70. The summed E-state index contributed by atoms with van der Waals surface area (Å²) in [5.41, 5.74) is 7.03. The molecule has 2 N–H and O–H groups in total. The van der Waals surface area contributed by atoms with Crippen LogP contribution in [0.1, 0.15) is 12.5 Å². The Morgan fingerprint density at radius 1 is 1.47 bits per heavy atom. The number of nitrogens with zero attached hydrogens (tertiary/aromatic N) is 1. The third-order valence-electron chi connectivity index (χ3n) is 2.56. The number of anilines is 1. The summed E-state index contributed by atoms with van der Waals surface area (Å²) in [4.78, 5) is 0.271. The fourth-order valence-electron chi connectivity index (χ4n) is 1.50. The van der Waals surface area contributed by atoms with Crippen LogP contribution in [0.2, 0.25) is 0 Å². The quantitative estimate of drug-likeness (QED) is 0.643. The van der Waals surface area contributed by atoms with Crippen molar-refractivity contribution in [3.05, 3.63) is 36.4 Å². The van der Waals surface area contributed by atoms with E-state index in [9.17, 15) is 8.42 Å². The van der Waals surface area contributed by atoms with Gasteiger partial charge in [-0.05, 0) is 30.7 Å². The third-order valence-corrected chi connectivity index (χ3v) is 4.50. The minimum atomic E-state index is -3.45. The number of nitrogens with two attached hydrogens (primary N) is 1. The molecular formula is C12H18N2O2S.